The summed E-state index contributed by atoms with van der Waals surface area (Å²) in [4.78, 5) is 0. The summed E-state index contributed by atoms with van der Waals surface area (Å²) in [7, 11) is 0. The average Bonchev–Trinajstić information content (AvgIpc) is 2.09. The molecule has 0 aromatic carbocycles. The van der Waals surface area contributed by atoms with E-state index in [4.69, 9.17) is 0 Å². The fourth-order valence-corrected chi connectivity index (χ4v) is 2.00. The molecule has 0 bridgehead atoms. The molecular formula is C10H18O. The van der Waals surface area contributed by atoms with E-state index in [2.05, 4.69) is 13.5 Å². The molecule has 1 nitrogen and oxygen atoms in total. The van der Waals surface area contributed by atoms with Crippen molar-refractivity contribution >= 4 is 0 Å². The summed E-state index contributed by atoms with van der Waals surface area (Å²) in [6, 6.07) is 0. The summed E-state index contributed by atoms with van der Waals surface area (Å²) in [5.74, 6) is 0. The monoisotopic (exact) mass is 154 g/mol. The molecule has 0 amide bonds. The lowest BCUT2D eigenvalue weighted by Gasteiger charge is -2.37. The number of rotatable bonds is 1. The highest BCUT2D eigenvalue weighted by molar-refractivity contribution is 5.16. The van der Waals surface area contributed by atoms with E-state index in [0.717, 1.165) is 24.8 Å². The molecule has 1 fully saturated rings. The molecule has 0 aromatic heterocycles. The fraction of sp³-hybridized carbons (Fsp3) is 0.800. The van der Waals surface area contributed by atoms with Gasteiger partial charge in [-0.25, -0.2) is 0 Å². The number of hydrogen-bond donors (Lipinski definition) is 1. The summed E-state index contributed by atoms with van der Waals surface area (Å²) in [6.45, 7) is 10.00. The average molecular weight is 154 g/mol. The van der Waals surface area contributed by atoms with E-state index in [9.17, 15) is 5.11 Å². The molecular weight excluding hydrogens is 136 g/mol. The number of hydrogen-bond acceptors (Lipinski definition) is 1. The molecule has 1 rings (SSSR count). The van der Waals surface area contributed by atoms with Crippen molar-refractivity contribution in [3.63, 3.8) is 0 Å². The van der Waals surface area contributed by atoms with E-state index in [1.54, 1.807) is 0 Å². The molecule has 11 heavy (non-hydrogen) atoms. The Labute approximate surface area is 69.1 Å². The van der Waals surface area contributed by atoms with Gasteiger partial charge < -0.3 is 5.11 Å². The molecule has 0 saturated heterocycles. The van der Waals surface area contributed by atoms with E-state index in [1.807, 2.05) is 13.8 Å². The van der Waals surface area contributed by atoms with Gasteiger partial charge in [0.1, 0.15) is 0 Å². The Hall–Kier alpha value is -0.300. The molecule has 0 aliphatic heterocycles. The van der Waals surface area contributed by atoms with Crippen LogP contribution in [0.1, 0.15) is 40.0 Å². The van der Waals surface area contributed by atoms with Gasteiger partial charge in [0.15, 0.2) is 0 Å². The molecule has 0 heterocycles. The molecule has 1 N–H and O–H groups in total. The van der Waals surface area contributed by atoms with Crippen LogP contribution in [0.2, 0.25) is 0 Å². The van der Waals surface area contributed by atoms with Crippen molar-refractivity contribution < 1.29 is 5.11 Å². The molecule has 1 heteroatoms. The summed E-state index contributed by atoms with van der Waals surface area (Å²) < 4.78 is 0. The molecule has 1 aliphatic carbocycles. The van der Waals surface area contributed by atoms with E-state index in [1.165, 1.54) is 0 Å². The Balaban J connectivity index is 2.93. The van der Waals surface area contributed by atoms with Crippen molar-refractivity contribution in [2.45, 2.75) is 45.6 Å². The maximum Gasteiger partial charge on any atom is 0.0709 e. The van der Waals surface area contributed by atoms with Gasteiger partial charge >= 0.3 is 0 Å². The van der Waals surface area contributed by atoms with Gasteiger partial charge in [-0.05, 0) is 33.1 Å². The first kappa shape index (κ1) is 8.79. The minimum atomic E-state index is -0.529. The molecule has 1 aliphatic rings. The Morgan fingerprint density at radius 2 is 1.91 bits per heavy atom. The largest absolute Gasteiger partial charge is 0.389 e. The highest BCUT2D eigenvalue weighted by atomic mass is 16.3. The van der Waals surface area contributed by atoms with Gasteiger partial charge in [0, 0.05) is 5.41 Å². The fourth-order valence-electron chi connectivity index (χ4n) is 2.00. The minimum Gasteiger partial charge on any atom is -0.389 e. The van der Waals surface area contributed by atoms with Crippen LogP contribution in [0.25, 0.3) is 0 Å². The van der Waals surface area contributed by atoms with Gasteiger partial charge in [0.2, 0.25) is 0 Å². The normalized spacial score (nSPS) is 44.4. The van der Waals surface area contributed by atoms with Crippen LogP contribution >= 0.6 is 0 Å². The summed E-state index contributed by atoms with van der Waals surface area (Å²) in [5.41, 5.74) is 0.534. The molecule has 0 aromatic rings. The van der Waals surface area contributed by atoms with Crippen LogP contribution in [0, 0.1) is 5.41 Å². The predicted molar refractivity (Wildman–Crippen MR) is 47.4 cm³/mol. The summed E-state index contributed by atoms with van der Waals surface area (Å²) in [6.07, 6.45) is 3.11. The van der Waals surface area contributed by atoms with Gasteiger partial charge in [0.05, 0.1) is 5.60 Å². The third kappa shape index (κ3) is 1.12. The molecule has 0 radical (unpaired) electrons. The Morgan fingerprint density at radius 3 is 2.09 bits per heavy atom. The van der Waals surface area contributed by atoms with Crippen LogP contribution in [0.4, 0.5) is 0 Å². The second-order valence-corrected chi connectivity index (χ2v) is 4.24. The van der Waals surface area contributed by atoms with Crippen LogP contribution in [-0.2, 0) is 0 Å². The smallest absolute Gasteiger partial charge is 0.0709 e. The van der Waals surface area contributed by atoms with Crippen molar-refractivity contribution in [2.24, 2.45) is 5.41 Å². The Bertz CT molecular complexity index is 181. The molecule has 1 saturated carbocycles. The maximum atomic E-state index is 10.0. The zero-order valence-corrected chi connectivity index (χ0v) is 7.78. The van der Waals surface area contributed by atoms with E-state index in [-0.39, 0.29) is 5.41 Å². The van der Waals surface area contributed by atoms with Crippen molar-refractivity contribution in [2.75, 3.05) is 0 Å². The Kier molecular flexibility index (Phi) is 1.87. The van der Waals surface area contributed by atoms with Crippen molar-refractivity contribution in [3.05, 3.63) is 12.2 Å². The van der Waals surface area contributed by atoms with E-state index < -0.39 is 5.60 Å². The van der Waals surface area contributed by atoms with E-state index in [0.29, 0.717) is 0 Å². The summed E-state index contributed by atoms with van der Waals surface area (Å²) >= 11 is 0. The van der Waals surface area contributed by atoms with Crippen LogP contribution in [0.15, 0.2) is 12.2 Å². The zero-order valence-electron chi connectivity index (χ0n) is 7.78. The lowest BCUT2D eigenvalue weighted by atomic mass is 9.72. The highest BCUT2D eigenvalue weighted by Gasteiger charge is 2.47. The molecule has 0 spiro atoms. The molecule has 2 unspecified atom stereocenters. The zero-order chi connectivity index (χ0) is 8.70. The first-order chi connectivity index (χ1) is 4.90. The summed E-state index contributed by atoms with van der Waals surface area (Å²) in [5, 5.41) is 10.0. The second-order valence-electron chi connectivity index (χ2n) is 4.24. The van der Waals surface area contributed by atoms with Gasteiger partial charge in [-0.3, -0.25) is 0 Å². The van der Waals surface area contributed by atoms with Gasteiger partial charge in [-0.15, -0.1) is 0 Å². The topological polar surface area (TPSA) is 20.2 Å². The second kappa shape index (κ2) is 2.34. The van der Waals surface area contributed by atoms with Gasteiger partial charge in [-0.1, -0.05) is 19.1 Å². The SMILES string of the molecule is C=C(C)C1(C)CCCC1(C)O. The van der Waals surface area contributed by atoms with Crippen LogP contribution in [-0.4, -0.2) is 10.7 Å². The third-order valence-electron chi connectivity index (χ3n) is 3.47. The minimum absolute atomic E-state index is 0.0486. The van der Waals surface area contributed by atoms with Gasteiger partial charge in [-0.2, -0.15) is 0 Å². The standard InChI is InChI=1S/C10H18O/c1-8(2)9(3)6-5-7-10(9,4)11/h11H,1,5-7H2,2-4H3. The third-order valence-corrected chi connectivity index (χ3v) is 3.47. The lowest BCUT2D eigenvalue weighted by molar-refractivity contribution is -0.0150. The van der Waals surface area contributed by atoms with E-state index >= 15 is 0 Å². The Morgan fingerprint density at radius 1 is 1.36 bits per heavy atom. The van der Waals surface area contributed by atoms with Crippen LogP contribution in [0.3, 0.4) is 0 Å². The first-order valence-electron chi connectivity index (χ1n) is 4.28. The highest BCUT2D eigenvalue weighted by Crippen LogP contribution is 2.50. The number of aliphatic hydroxyl groups is 1. The van der Waals surface area contributed by atoms with Gasteiger partial charge in [0.25, 0.3) is 0 Å². The molecule has 64 valence electrons. The van der Waals surface area contributed by atoms with Crippen molar-refractivity contribution in [1.29, 1.82) is 0 Å². The van der Waals surface area contributed by atoms with Crippen LogP contribution in [0.5, 0.6) is 0 Å². The first-order valence-corrected chi connectivity index (χ1v) is 4.28. The van der Waals surface area contributed by atoms with Crippen molar-refractivity contribution in [3.8, 4) is 0 Å². The van der Waals surface area contributed by atoms with Crippen LogP contribution < -0.4 is 0 Å². The molecule has 2 atom stereocenters. The predicted octanol–water partition coefficient (Wildman–Crippen LogP) is 2.50. The quantitative estimate of drug-likeness (QED) is 0.575. The van der Waals surface area contributed by atoms with Crippen molar-refractivity contribution in [1.82, 2.24) is 0 Å². The lowest BCUT2D eigenvalue weighted by Crippen LogP contribution is -2.39. The maximum absolute atomic E-state index is 10.0.